The topological polar surface area (TPSA) is 63.0 Å². The van der Waals surface area contributed by atoms with Gasteiger partial charge in [-0.2, -0.15) is 0 Å². The molecule has 0 saturated carbocycles. The second-order valence-electron chi connectivity index (χ2n) is 4.17. The van der Waals surface area contributed by atoms with Gasteiger partial charge >= 0.3 is 6.01 Å². The van der Waals surface area contributed by atoms with Crippen molar-refractivity contribution in [3.8, 4) is 0 Å². The van der Waals surface area contributed by atoms with Gasteiger partial charge in [-0.1, -0.05) is 40.9 Å². The maximum Gasteiger partial charge on any atom is 0.320 e. The van der Waals surface area contributed by atoms with Crippen molar-refractivity contribution in [1.29, 1.82) is 0 Å². The van der Waals surface area contributed by atoms with Crippen LogP contribution in [0.1, 0.15) is 19.7 Å². The number of halogens is 1. The molecule has 1 heterocycles. The van der Waals surface area contributed by atoms with E-state index in [1.54, 1.807) is 0 Å². The van der Waals surface area contributed by atoms with Gasteiger partial charge in [-0.15, -0.1) is 5.10 Å². The maximum atomic E-state index is 5.47. The van der Waals surface area contributed by atoms with Crippen LogP contribution in [-0.2, 0) is 6.54 Å². The molecule has 0 fully saturated rings. The molecule has 0 aliphatic heterocycles. The van der Waals surface area contributed by atoms with E-state index in [2.05, 4.69) is 50.6 Å². The van der Waals surface area contributed by atoms with Crippen LogP contribution in [-0.4, -0.2) is 16.2 Å². The van der Waals surface area contributed by atoms with E-state index in [0.29, 0.717) is 24.5 Å². The van der Waals surface area contributed by atoms with Gasteiger partial charge in [-0.25, -0.2) is 0 Å². The second kappa shape index (κ2) is 5.97. The highest BCUT2D eigenvalue weighted by Gasteiger charge is 2.06. The van der Waals surface area contributed by atoms with Crippen LogP contribution in [0.15, 0.2) is 33.2 Å². The lowest BCUT2D eigenvalue weighted by Crippen LogP contribution is -2.21. The monoisotopic (exact) mass is 310 g/mol. The Morgan fingerprint density at radius 2 is 2.17 bits per heavy atom. The van der Waals surface area contributed by atoms with Gasteiger partial charge in [0.2, 0.25) is 5.89 Å². The summed E-state index contributed by atoms with van der Waals surface area (Å²) in [7, 11) is 0. The Labute approximate surface area is 114 Å². The molecule has 0 amide bonds. The third kappa shape index (κ3) is 3.82. The SMILES string of the molecule is CC(C)NCc1nnc(Nc2cccc(Br)c2)o1. The van der Waals surface area contributed by atoms with E-state index in [9.17, 15) is 0 Å². The molecule has 0 unspecified atom stereocenters. The first-order chi connectivity index (χ1) is 8.63. The van der Waals surface area contributed by atoms with Crippen LogP contribution in [0.4, 0.5) is 11.7 Å². The molecule has 18 heavy (non-hydrogen) atoms. The van der Waals surface area contributed by atoms with Gasteiger partial charge in [0.25, 0.3) is 0 Å². The highest BCUT2D eigenvalue weighted by molar-refractivity contribution is 9.10. The molecule has 0 bridgehead atoms. The average Bonchev–Trinajstić information content (AvgIpc) is 2.74. The van der Waals surface area contributed by atoms with Crippen molar-refractivity contribution in [3.63, 3.8) is 0 Å². The Morgan fingerprint density at radius 3 is 2.89 bits per heavy atom. The van der Waals surface area contributed by atoms with Crippen LogP contribution in [0.25, 0.3) is 0 Å². The zero-order valence-electron chi connectivity index (χ0n) is 10.3. The number of nitrogens with one attached hydrogen (secondary N) is 2. The van der Waals surface area contributed by atoms with Crippen LogP contribution in [0, 0.1) is 0 Å². The Balaban J connectivity index is 1.98. The summed E-state index contributed by atoms with van der Waals surface area (Å²) in [6, 6.07) is 8.55. The summed E-state index contributed by atoms with van der Waals surface area (Å²) >= 11 is 3.40. The van der Waals surface area contributed by atoms with E-state index in [0.717, 1.165) is 10.2 Å². The molecule has 96 valence electrons. The fraction of sp³-hybridized carbons (Fsp3) is 0.333. The normalized spacial score (nSPS) is 10.9. The minimum absolute atomic E-state index is 0.387. The fourth-order valence-electron chi connectivity index (χ4n) is 1.36. The molecule has 0 radical (unpaired) electrons. The summed E-state index contributed by atoms with van der Waals surface area (Å²) in [5, 5.41) is 14.2. The summed E-state index contributed by atoms with van der Waals surface area (Å²) < 4.78 is 6.46. The van der Waals surface area contributed by atoms with Gasteiger partial charge in [0.1, 0.15) is 0 Å². The van der Waals surface area contributed by atoms with Crippen LogP contribution >= 0.6 is 15.9 Å². The van der Waals surface area contributed by atoms with Gasteiger partial charge in [-0.3, -0.25) is 0 Å². The lowest BCUT2D eigenvalue weighted by molar-refractivity contribution is 0.460. The predicted molar refractivity (Wildman–Crippen MR) is 73.7 cm³/mol. The second-order valence-corrected chi connectivity index (χ2v) is 5.09. The number of anilines is 2. The molecule has 5 nitrogen and oxygen atoms in total. The molecule has 0 spiro atoms. The fourth-order valence-corrected chi connectivity index (χ4v) is 1.76. The number of nitrogens with zero attached hydrogens (tertiary/aromatic N) is 2. The third-order valence-corrected chi connectivity index (χ3v) is 2.70. The van der Waals surface area contributed by atoms with Crippen molar-refractivity contribution in [3.05, 3.63) is 34.6 Å². The molecule has 1 aromatic heterocycles. The van der Waals surface area contributed by atoms with Gasteiger partial charge in [0.05, 0.1) is 6.54 Å². The smallest absolute Gasteiger partial charge is 0.320 e. The van der Waals surface area contributed by atoms with Crippen molar-refractivity contribution in [2.24, 2.45) is 0 Å². The quantitative estimate of drug-likeness (QED) is 0.888. The molecule has 0 saturated heterocycles. The number of rotatable bonds is 5. The number of hydrogen-bond donors (Lipinski definition) is 2. The van der Waals surface area contributed by atoms with Crippen molar-refractivity contribution < 1.29 is 4.42 Å². The van der Waals surface area contributed by atoms with E-state index >= 15 is 0 Å². The Bertz CT molecular complexity index is 512. The molecular formula is C12H15BrN4O. The van der Waals surface area contributed by atoms with E-state index in [-0.39, 0.29) is 0 Å². The number of benzene rings is 1. The highest BCUT2D eigenvalue weighted by Crippen LogP contribution is 2.19. The van der Waals surface area contributed by atoms with Gasteiger partial charge in [0.15, 0.2) is 0 Å². The van der Waals surface area contributed by atoms with E-state index in [4.69, 9.17) is 4.42 Å². The lowest BCUT2D eigenvalue weighted by Gasteiger charge is -2.03. The van der Waals surface area contributed by atoms with Crippen LogP contribution < -0.4 is 10.6 Å². The summed E-state index contributed by atoms with van der Waals surface area (Å²) in [4.78, 5) is 0. The minimum Gasteiger partial charge on any atom is -0.406 e. The van der Waals surface area contributed by atoms with E-state index in [1.165, 1.54) is 0 Å². The molecule has 2 aromatic rings. The number of hydrogen-bond acceptors (Lipinski definition) is 5. The van der Waals surface area contributed by atoms with Gasteiger partial charge in [0, 0.05) is 16.2 Å². The van der Waals surface area contributed by atoms with Crippen molar-refractivity contribution in [1.82, 2.24) is 15.5 Å². The number of aromatic nitrogens is 2. The largest absolute Gasteiger partial charge is 0.406 e. The molecule has 2 N–H and O–H groups in total. The molecule has 2 rings (SSSR count). The van der Waals surface area contributed by atoms with Crippen LogP contribution in [0.2, 0.25) is 0 Å². The Morgan fingerprint density at radius 1 is 1.33 bits per heavy atom. The minimum atomic E-state index is 0.387. The third-order valence-electron chi connectivity index (χ3n) is 2.20. The van der Waals surface area contributed by atoms with Gasteiger partial charge < -0.3 is 15.1 Å². The van der Waals surface area contributed by atoms with Crippen molar-refractivity contribution in [2.45, 2.75) is 26.4 Å². The molecule has 0 atom stereocenters. The average molecular weight is 311 g/mol. The summed E-state index contributed by atoms with van der Waals surface area (Å²) in [6.45, 7) is 4.71. The zero-order valence-corrected chi connectivity index (χ0v) is 11.9. The first-order valence-corrected chi connectivity index (χ1v) is 6.51. The first-order valence-electron chi connectivity index (χ1n) is 5.72. The van der Waals surface area contributed by atoms with Crippen LogP contribution in [0.3, 0.4) is 0 Å². The van der Waals surface area contributed by atoms with Crippen molar-refractivity contribution >= 4 is 27.6 Å². The molecule has 6 heteroatoms. The van der Waals surface area contributed by atoms with Crippen molar-refractivity contribution in [2.75, 3.05) is 5.32 Å². The molecule has 1 aromatic carbocycles. The Kier molecular flexibility index (Phi) is 4.33. The maximum absolute atomic E-state index is 5.47. The van der Waals surface area contributed by atoms with Gasteiger partial charge in [-0.05, 0) is 18.2 Å². The van der Waals surface area contributed by atoms with Crippen LogP contribution in [0.5, 0.6) is 0 Å². The summed E-state index contributed by atoms with van der Waals surface area (Å²) in [6.07, 6.45) is 0. The molecule has 0 aliphatic rings. The lowest BCUT2D eigenvalue weighted by atomic mass is 10.3. The van der Waals surface area contributed by atoms with E-state index < -0.39 is 0 Å². The molecular weight excluding hydrogens is 296 g/mol. The zero-order chi connectivity index (χ0) is 13.0. The standard InChI is InChI=1S/C12H15BrN4O/c1-8(2)14-7-11-16-17-12(18-11)15-10-5-3-4-9(13)6-10/h3-6,8,14H,7H2,1-2H3,(H,15,17). The predicted octanol–water partition coefficient (Wildman–Crippen LogP) is 3.07. The summed E-state index contributed by atoms with van der Waals surface area (Å²) in [5.41, 5.74) is 0.899. The summed E-state index contributed by atoms with van der Waals surface area (Å²) in [5.74, 6) is 0.571. The highest BCUT2D eigenvalue weighted by atomic mass is 79.9. The molecule has 0 aliphatic carbocycles. The van der Waals surface area contributed by atoms with E-state index in [1.807, 2.05) is 24.3 Å². The Hall–Kier alpha value is -1.40. The first kappa shape index (κ1) is 13.0.